The highest BCUT2D eigenvalue weighted by molar-refractivity contribution is 5.95. The minimum absolute atomic E-state index is 0.0283. The van der Waals surface area contributed by atoms with E-state index in [-0.39, 0.29) is 11.6 Å². The lowest BCUT2D eigenvalue weighted by atomic mass is 10.1. The van der Waals surface area contributed by atoms with Gasteiger partial charge in [-0.25, -0.2) is 4.39 Å². The van der Waals surface area contributed by atoms with Crippen molar-refractivity contribution in [1.82, 2.24) is 4.90 Å². The molecular weight excluding hydrogens is 263 g/mol. The molecule has 20 heavy (non-hydrogen) atoms. The van der Waals surface area contributed by atoms with Crippen LogP contribution in [-0.4, -0.2) is 51.3 Å². The second-order valence-electron chi connectivity index (χ2n) is 4.37. The summed E-state index contributed by atoms with van der Waals surface area (Å²) in [5.74, 6) is -0.714. The molecule has 1 amide bonds. The Morgan fingerprint density at radius 3 is 2.55 bits per heavy atom. The van der Waals surface area contributed by atoms with Crippen molar-refractivity contribution in [3.05, 3.63) is 29.6 Å². The second kappa shape index (κ2) is 8.50. The molecule has 6 heteroatoms. The van der Waals surface area contributed by atoms with E-state index in [4.69, 9.17) is 15.2 Å². The van der Waals surface area contributed by atoms with E-state index < -0.39 is 5.82 Å². The fourth-order valence-electron chi connectivity index (χ4n) is 1.78. The molecule has 0 aliphatic rings. The van der Waals surface area contributed by atoms with Gasteiger partial charge in [0.15, 0.2) is 0 Å². The third-order valence-corrected chi connectivity index (χ3v) is 2.87. The van der Waals surface area contributed by atoms with Gasteiger partial charge in [0.25, 0.3) is 5.91 Å². The van der Waals surface area contributed by atoms with Crippen LogP contribution in [0.1, 0.15) is 16.8 Å². The predicted octanol–water partition coefficient (Wildman–Crippen LogP) is 1.53. The molecule has 1 aromatic rings. The predicted molar refractivity (Wildman–Crippen MR) is 75.1 cm³/mol. The molecule has 0 aromatic heterocycles. The van der Waals surface area contributed by atoms with Gasteiger partial charge in [0, 0.05) is 39.5 Å². The Kier molecular flexibility index (Phi) is 6.97. The van der Waals surface area contributed by atoms with E-state index in [9.17, 15) is 9.18 Å². The molecular formula is C14H21FN2O3. The summed E-state index contributed by atoms with van der Waals surface area (Å²) in [6.45, 7) is 2.03. The van der Waals surface area contributed by atoms with Crippen molar-refractivity contribution in [2.75, 3.05) is 46.3 Å². The quantitative estimate of drug-likeness (QED) is 0.581. The first-order valence-electron chi connectivity index (χ1n) is 6.42. The van der Waals surface area contributed by atoms with E-state index in [1.807, 2.05) is 0 Å². The van der Waals surface area contributed by atoms with Gasteiger partial charge in [-0.05, 0) is 24.6 Å². The van der Waals surface area contributed by atoms with Gasteiger partial charge in [-0.2, -0.15) is 0 Å². The standard InChI is InChI=1S/C14H21FN2O3/c1-19-8-3-6-17(7-9-20-2)14(18)11-4-5-12(15)13(16)10-11/h4-5,10H,3,6-9,16H2,1-2H3. The lowest BCUT2D eigenvalue weighted by Crippen LogP contribution is -2.35. The van der Waals surface area contributed by atoms with Crippen molar-refractivity contribution in [1.29, 1.82) is 0 Å². The molecule has 0 fully saturated rings. The molecule has 0 atom stereocenters. The van der Waals surface area contributed by atoms with Crippen LogP contribution < -0.4 is 5.73 Å². The zero-order chi connectivity index (χ0) is 15.0. The Bertz CT molecular complexity index is 440. The van der Waals surface area contributed by atoms with E-state index >= 15 is 0 Å². The van der Waals surface area contributed by atoms with Gasteiger partial charge in [-0.1, -0.05) is 0 Å². The van der Waals surface area contributed by atoms with Crippen molar-refractivity contribution < 1.29 is 18.7 Å². The van der Waals surface area contributed by atoms with Crippen molar-refractivity contribution in [3.8, 4) is 0 Å². The van der Waals surface area contributed by atoms with Crippen LogP contribution in [0.5, 0.6) is 0 Å². The maximum absolute atomic E-state index is 13.1. The number of hydrogen-bond acceptors (Lipinski definition) is 4. The number of ether oxygens (including phenoxy) is 2. The van der Waals surface area contributed by atoms with Crippen LogP contribution in [0.15, 0.2) is 18.2 Å². The Hall–Kier alpha value is -1.66. The third kappa shape index (κ3) is 4.79. The Morgan fingerprint density at radius 2 is 1.95 bits per heavy atom. The summed E-state index contributed by atoms with van der Waals surface area (Å²) in [7, 11) is 3.19. The number of halogens is 1. The summed E-state index contributed by atoms with van der Waals surface area (Å²) in [4.78, 5) is 14.0. The zero-order valence-corrected chi connectivity index (χ0v) is 11.9. The third-order valence-electron chi connectivity index (χ3n) is 2.87. The number of rotatable bonds is 8. The van der Waals surface area contributed by atoms with Gasteiger partial charge in [0.1, 0.15) is 5.82 Å². The lowest BCUT2D eigenvalue weighted by molar-refractivity contribution is 0.0674. The largest absolute Gasteiger partial charge is 0.396 e. The van der Waals surface area contributed by atoms with Crippen molar-refractivity contribution in [3.63, 3.8) is 0 Å². The highest BCUT2D eigenvalue weighted by atomic mass is 19.1. The molecule has 0 unspecified atom stereocenters. The fourth-order valence-corrected chi connectivity index (χ4v) is 1.78. The number of carbonyl (C=O) groups is 1. The molecule has 0 radical (unpaired) electrons. The first-order chi connectivity index (χ1) is 9.60. The molecule has 1 rings (SSSR count). The molecule has 0 aliphatic heterocycles. The molecule has 0 saturated carbocycles. The van der Waals surface area contributed by atoms with Gasteiger partial charge in [-0.15, -0.1) is 0 Å². The summed E-state index contributed by atoms with van der Waals surface area (Å²) in [6.07, 6.45) is 0.725. The van der Waals surface area contributed by atoms with E-state index in [1.165, 1.54) is 18.2 Å². The van der Waals surface area contributed by atoms with Gasteiger partial charge in [0.2, 0.25) is 0 Å². The van der Waals surface area contributed by atoms with Crippen LogP contribution in [0.3, 0.4) is 0 Å². The Balaban J connectivity index is 2.76. The monoisotopic (exact) mass is 284 g/mol. The maximum atomic E-state index is 13.1. The summed E-state index contributed by atoms with van der Waals surface area (Å²) in [5, 5.41) is 0. The number of benzene rings is 1. The van der Waals surface area contributed by atoms with Crippen molar-refractivity contribution >= 4 is 11.6 Å². The van der Waals surface area contributed by atoms with Gasteiger partial charge < -0.3 is 20.1 Å². The summed E-state index contributed by atoms with van der Waals surface area (Å²) in [5.41, 5.74) is 5.83. The van der Waals surface area contributed by atoms with E-state index in [2.05, 4.69) is 0 Å². The molecule has 0 aliphatic carbocycles. The highest BCUT2D eigenvalue weighted by Gasteiger charge is 2.16. The first kappa shape index (κ1) is 16.4. The van der Waals surface area contributed by atoms with Crippen LogP contribution in [-0.2, 0) is 9.47 Å². The van der Waals surface area contributed by atoms with Gasteiger partial charge in [-0.3, -0.25) is 4.79 Å². The highest BCUT2D eigenvalue weighted by Crippen LogP contribution is 2.14. The minimum atomic E-state index is -0.524. The normalized spacial score (nSPS) is 10.6. The molecule has 1 aromatic carbocycles. The smallest absolute Gasteiger partial charge is 0.254 e. The van der Waals surface area contributed by atoms with Crippen LogP contribution in [0.2, 0.25) is 0 Å². The van der Waals surface area contributed by atoms with Crippen LogP contribution in [0, 0.1) is 5.82 Å². The van der Waals surface area contributed by atoms with Crippen LogP contribution >= 0.6 is 0 Å². The average molecular weight is 284 g/mol. The number of carbonyl (C=O) groups excluding carboxylic acids is 1. The number of amides is 1. The lowest BCUT2D eigenvalue weighted by Gasteiger charge is -2.22. The minimum Gasteiger partial charge on any atom is -0.396 e. The SMILES string of the molecule is COCCCN(CCOC)C(=O)c1ccc(F)c(N)c1. The topological polar surface area (TPSA) is 64.8 Å². The Morgan fingerprint density at radius 1 is 1.25 bits per heavy atom. The molecule has 0 bridgehead atoms. The van der Waals surface area contributed by atoms with E-state index in [1.54, 1.807) is 19.1 Å². The number of anilines is 1. The van der Waals surface area contributed by atoms with Gasteiger partial charge in [0.05, 0.1) is 12.3 Å². The molecule has 0 saturated heterocycles. The molecule has 0 spiro atoms. The molecule has 5 nitrogen and oxygen atoms in total. The molecule has 112 valence electrons. The van der Waals surface area contributed by atoms with Crippen LogP contribution in [0.4, 0.5) is 10.1 Å². The zero-order valence-electron chi connectivity index (χ0n) is 11.9. The first-order valence-corrected chi connectivity index (χ1v) is 6.42. The Labute approximate surface area is 118 Å². The van der Waals surface area contributed by atoms with Crippen molar-refractivity contribution in [2.45, 2.75) is 6.42 Å². The summed E-state index contributed by atoms with van der Waals surface area (Å²) in [6, 6.07) is 3.99. The number of hydrogen-bond donors (Lipinski definition) is 1. The van der Waals surface area contributed by atoms with Crippen molar-refractivity contribution in [2.24, 2.45) is 0 Å². The fraction of sp³-hybridized carbons (Fsp3) is 0.500. The average Bonchev–Trinajstić information content (AvgIpc) is 2.45. The number of nitrogen functional groups attached to an aromatic ring is 1. The second-order valence-corrected chi connectivity index (χ2v) is 4.37. The van der Waals surface area contributed by atoms with E-state index in [0.717, 1.165) is 6.42 Å². The van der Waals surface area contributed by atoms with Crippen LogP contribution in [0.25, 0.3) is 0 Å². The number of nitrogens with zero attached hydrogens (tertiary/aromatic N) is 1. The summed E-state index contributed by atoms with van der Waals surface area (Å²) < 4.78 is 23.1. The van der Waals surface area contributed by atoms with E-state index in [0.29, 0.717) is 31.9 Å². The number of nitrogens with two attached hydrogens (primary N) is 1. The molecule has 0 heterocycles. The maximum Gasteiger partial charge on any atom is 0.254 e. The summed E-state index contributed by atoms with van der Waals surface area (Å²) >= 11 is 0. The van der Waals surface area contributed by atoms with Gasteiger partial charge >= 0.3 is 0 Å². The molecule has 2 N–H and O–H groups in total. The number of methoxy groups -OCH3 is 2.